The second-order valence-corrected chi connectivity index (χ2v) is 11.6. The third-order valence-electron chi connectivity index (χ3n) is 6.05. The minimum Gasteiger partial charge on any atom is -0.543 e. The van der Waals surface area contributed by atoms with E-state index < -0.39 is 22.6 Å². The first kappa shape index (κ1) is 28.8. The quantitative estimate of drug-likeness (QED) is 0.250. The number of amides is 2. The number of β-lactam (4-membered cyclic amide) rings is 1. The topological polar surface area (TPSA) is 96.0 Å². The summed E-state index contributed by atoms with van der Waals surface area (Å²) in [6, 6.07) is 6.92. The van der Waals surface area contributed by atoms with E-state index in [9.17, 15) is 19.5 Å². The predicted molar refractivity (Wildman–Crippen MR) is 136 cm³/mol. The molecule has 2 amide bonds. The summed E-state index contributed by atoms with van der Waals surface area (Å²) in [6.45, 7) is 4.78. The molecule has 2 unspecified atom stereocenters. The van der Waals surface area contributed by atoms with Crippen LogP contribution in [0.3, 0.4) is 0 Å². The van der Waals surface area contributed by atoms with Gasteiger partial charge in [0.25, 0.3) is 0 Å². The number of fused-ring (bicyclic) bond motifs is 1. The molecule has 0 aromatic heterocycles. The number of hydrogen-bond donors (Lipinski definition) is 1. The number of carbonyl (C=O) groups is 3. The van der Waals surface area contributed by atoms with Crippen LogP contribution in [0, 0.1) is 0 Å². The number of aliphatic carboxylic acids is 1. The molecule has 3 aliphatic heterocycles. The Kier molecular flexibility index (Phi) is 10.0. The summed E-state index contributed by atoms with van der Waals surface area (Å²) < 4.78 is 0.668. The monoisotopic (exact) mass is 562 g/mol. The number of benzene rings is 1. The van der Waals surface area contributed by atoms with E-state index in [4.69, 9.17) is 23.8 Å². The molecule has 1 N–H and O–H groups in total. The Hall–Kier alpha value is -0.790. The number of thiocarbonyl (C=S) groups is 1. The van der Waals surface area contributed by atoms with Gasteiger partial charge < -0.3 is 25.0 Å². The van der Waals surface area contributed by atoms with Gasteiger partial charge in [-0.3, -0.25) is 14.5 Å². The molecule has 3 heterocycles. The molecule has 0 aliphatic carbocycles. The summed E-state index contributed by atoms with van der Waals surface area (Å²) in [5.41, 5.74) is 0.990. The largest absolute Gasteiger partial charge is 1.00 e. The molecule has 0 spiro atoms. The van der Waals surface area contributed by atoms with E-state index in [0.29, 0.717) is 14.9 Å². The number of carboxylic acid groups (broad SMARTS) is 1. The number of thioether (sulfide) groups is 2. The molecule has 0 saturated carbocycles. The first-order valence-electron chi connectivity index (χ1n) is 10.7. The zero-order chi connectivity index (χ0) is 24.6. The number of likely N-dealkylation sites (N-methyl/N-ethyl adjacent to an activating group) is 1. The molecule has 2 saturated heterocycles. The van der Waals surface area contributed by atoms with Gasteiger partial charge in [-0.25, -0.2) is 0 Å². The van der Waals surface area contributed by atoms with Crippen LogP contribution in [0.4, 0.5) is 0 Å². The van der Waals surface area contributed by atoms with Crippen LogP contribution in [-0.2, 0) is 14.4 Å². The maximum absolute atomic E-state index is 13.1. The molecule has 35 heavy (non-hydrogen) atoms. The van der Waals surface area contributed by atoms with Crippen molar-refractivity contribution in [2.45, 2.75) is 23.6 Å². The van der Waals surface area contributed by atoms with Gasteiger partial charge in [0.05, 0.1) is 17.6 Å². The smallest absolute Gasteiger partial charge is 0.543 e. The molecule has 13 heteroatoms. The van der Waals surface area contributed by atoms with Crippen LogP contribution < -0.4 is 40.0 Å². The van der Waals surface area contributed by atoms with Crippen molar-refractivity contribution in [2.24, 2.45) is 0 Å². The van der Waals surface area contributed by atoms with Crippen molar-refractivity contribution in [3.63, 3.8) is 0 Å². The van der Waals surface area contributed by atoms with Gasteiger partial charge in [0, 0.05) is 43.9 Å². The summed E-state index contributed by atoms with van der Waals surface area (Å²) in [5, 5.41) is 14.5. The van der Waals surface area contributed by atoms with E-state index in [-0.39, 0.29) is 52.8 Å². The predicted octanol–water partition coefficient (Wildman–Crippen LogP) is -1.93. The fourth-order valence-electron chi connectivity index (χ4n) is 4.22. The molecule has 8 nitrogen and oxygen atoms in total. The van der Waals surface area contributed by atoms with E-state index in [2.05, 4.69) is 22.2 Å². The van der Waals surface area contributed by atoms with E-state index >= 15 is 0 Å². The van der Waals surface area contributed by atoms with Crippen molar-refractivity contribution < 1.29 is 49.0 Å². The number of piperazine rings is 1. The molecule has 1 aromatic carbocycles. The van der Waals surface area contributed by atoms with Crippen LogP contribution in [0.1, 0.15) is 18.4 Å². The average molecular weight is 563 g/mol. The first-order valence-corrected chi connectivity index (χ1v) is 13.4. The number of rotatable bonds is 5. The standard InChI is InChI=1S/C22H25ClN4O4S3.Na/c1-12(28)24-18-15(11-33-22(32)26-9-7-25(2)8-10-26)17(21(30)31)27-19(29)16(20(27)34-18)13-3-5-14(23)6-4-13;/h3-6,16,18,20H,7-11H2,1-2H3,(H,24,28)(H,30,31);/q;+1/p-1/t16?,18?,20-;/m1./s1. The molecule has 1 aromatic rings. The Morgan fingerprint density at radius 2 is 1.86 bits per heavy atom. The SMILES string of the molecule is CC(=O)NC1S[C@@H]2C(c3ccc(Cl)cc3)C(=O)N2C(C(=O)[O-])=C1CSC(=S)N1CCN(C)CC1.[Na+]. The zero-order valence-corrected chi connectivity index (χ0v) is 24.9. The zero-order valence-electron chi connectivity index (χ0n) is 19.7. The van der Waals surface area contributed by atoms with Gasteiger partial charge in [-0.2, -0.15) is 0 Å². The molecule has 4 rings (SSSR count). The van der Waals surface area contributed by atoms with Gasteiger partial charge in [0.2, 0.25) is 11.8 Å². The normalized spacial score (nSPS) is 24.3. The van der Waals surface area contributed by atoms with E-state index in [1.165, 1.54) is 35.3 Å². The van der Waals surface area contributed by atoms with Crippen LogP contribution in [0.15, 0.2) is 35.5 Å². The van der Waals surface area contributed by atoms with Gasteiger partial charge >= 0.3 is 29.6 Å². The van der Waals surface area contributed by atoms with Gasteiger partial charge in [0.1, 0.15) is 15.1 Å². The summed E-state index contributed by atoms with van der Waals surface area (Å²) >= 11 is 14.3. The van der Waals surface area contributed by atoms with Crippen molar-refractivity contribution in [3.8, 4) is 0 Å². The van der Waals surface area contributed by atoms with Gasteiger partial charge in [0.15, 0.2) is 0 Å². The molecular formula is C22H24ClN4NaO4S3. The maximum atomic E-state index is 13.1. The summed E-state index contributed by atoms with van der Waals surface area (Å²) in [4.78, 5) is 42.9. The maximum Gasteiger partial charge on any atom is 1.00 e. The Morgan fingerprint density at radius 3 is 2.43 bits per heavy atom. The number of hydrogen-bond acceptors (Lipinski definition) is 8. The molecule has 0 bridgehead atoms. The van der Waals surface area contributed by atoms with E-state index in [1.54, 1.807) is 24.3 Å². The van der Waals surface area contributed by atoms with Gasteiger partial charge in [-0.05, 0) is 30.3 Å². The Labute approximate surface area is 245 Å². The van der Waals surface area contributed by atoms with Crippen molar-refractivity contribution in [3.05, 3.63) is 46.1 Å². The van der Waals surface area contributed by atoms with E-state index in [0.717, 1.165) is 31.7 Å². The summed E-state index contributed by atoms with van der Waals surface area (Å²) in [7, 11) is 2.06. The summed E-state index contributed by atoms with van der Waals surface area (Å²) in [6.07, 6.45) is 0. The molecule has 3 atom stereocenters. The van der Waals surface area contributed by atoms with Gasteiger partial charge in [-0.15, -0.1) is 11.8 Å². The van der Waals surface area contributed by atoms with Crippen molar-refractivity contribution in [1.29, 1.82) is 0 Å². The molecular weight excluding hydrogens is 539 g/mol. The number of nitrogens with one attached hydrogen (secondary N) is 1. The fraction of sp³-hybridized carbons (Fsp3) is 0.455. The Bertz CT molecular complexity index is 1050. The van der Waals surface area contributed by atoms with Crippen LogP contribution >= 0.6 is 47.3 Å². The average Bonchev–Trinajstić information content (AvgIpc) is 2.78. The van der Waals surface area contributed by atoms with Gasteiger partial charge in [-0.1, -0.05) is 47.7 Å². The fourth-order valence-corrected chi connectivity index (χ4v) is 7.39. The molecule has 182 valence electrons. The van der Waals surface area contributed by atoms with Crippen molar-refractivity contribution in [1.82, 2.24) is 20.0 Å². The van der Waals surface area contributed by atoms with E-state index in [1.807, 2.05) is 0 Å². The minimum atomic E-state index is -1.44. The number of carboxylic acids is 1. The second kappa shape index (κ2) is 12.2. The first-order chi connectivity index (χ1) is 16.2. The molecule has 2 fully saturated rings. The third kappa shape index (κ3) is 6.20. The van der Waals surface area contributed by atoms with Crippen LogP contribution in [-0.4, -0.2) is 86.5 Å². The molecule has 3 aliphatic rings. The van der Waals surface area contributed by atoms with Crippen molar-refractivity contribution >= 4 is 69.4 Å². The second-order valence-electron chi connectivity index (χ2n) is 8.35. The minimum absolute atomic E-state index is 0. The third-order valence-corrected chi connectivity index (χ3v) is 9.31. The molecule has 0 radical (unpaired) electrons. The van der Waals surface area contributed by atoms with Crippen molar-refractivity contribution in [2.75, 3.05) is 39.0 Å². The number of carbonyl (C=O) groups excluding carboxylic acids is 3. The Balaban J connectivity index is 0.00000342. The van der Waals surface area contributed by atoms with Crippen LogP contribution in [0.2, 0.25) is 5.02 Å². The Morgan fingerprint density at radius 1 is 1.23 bits per heavy atom. The number of halogens is 1. The summed E-state index contributed by atoms with van der Waals surface area (Å²) in [5.74, 6) is -2.35. The number of nitrogens with zero attached hydrogens (tertiary/aromatic N) is 3. The van der Waals surface area contributed by atoms with Crippen LogP contribution in [0.25, 0.3) is 0 Å². The van der Waals surface area contributed by atoms with Crippen LogP contribution in [0.5, 0.6) is 0 Å².